The van der Waals surface area contributed by atoms with Gasteiger partial charge in [0.25, 0.3) is 5.91 Å². The van der Waals surface area contributed by atoms with Gasteiger partial charge in [-0.05, 0) is 60.5 Å². The van der Waals surface area contributed by atoms with Gasteiger partial charge in [0.15, 0.2) is 0 Å². The Bertz CT molecular complexity index is 1260. The molecule has 0 saturated carbocycles. The van der Waals surface area contributed by atoms with E-state index in [4.69, 9.17) is 13.9 Å². The predicted molar refractivity (Wildman–Crippen MR) is 128 cm³/mol. The summed E-state index contributed by atoms with van der Waals surface area (Å²) in [6.45, 7) is 3.15. The van der Waals surface area contributed by atoms with Crippen LogP contribution in [0.4, 0.5) is 0 Å². The second-order valence-corrected chi connectivity index (χ2v) is 8.28. The Hall–Kier alpha value is -4.00. The average molecular weight is 458 g/mol. The molecule has 2 aromatic heterocycles. The highest BCUT2D eigenvalue weighted by atomic mass is 16.5. The van der Waals surface area contributed by atoms with Crippen LogP contribution < -0.4 is 9.47 Å². The van der Waals surface area contributed by atoms with Crippen LogP contribution in [0, 0.1) is 0 Å². The molecule has 1 amide bonds. The zero-order valence-corrected chi connectivity index (χ0v) is 19.3. The van der Waals surface area contributed by atoms with Crippen LogP contribution in [-0.4, -0.2) is 34.7 Å². The molecule has 0 fully saturated rings. The quantitative estimate of drug-likeness (QED) is 0.331. The van der Waals surface area contributed by atoms with Gasteiger partial charge in [-0.1, -0.05) is 25.5 Å². The third-order valence-electron chi connectivity index (χ3n) is 6.07. The van der Waals surface area contributed by atoms with E-state index in [0.29, 0.717) is 18.8 Å². The summed E-state index contributed by atoms with van der Waals surface area (Å²) in [5, 5.41) is 7.53. The molecule has 2 aromatic carbocycles. The van der Waals surface area contributed by atoms with Gasteiger partial charge < -0.3 is 18.8 Å². The smallest absolute Gasteiger partial charge is 0.273 e. The minimum atomic E-state index is -0.335. The summed E-state index contributed by atoms with van der Waals surface area (Å²) in [7, 11) is 1.64. The summed E-state index contributed by atoms with van der Waals surface area (Å²) in [5.74, 6) is 2.16. The number of fused-ring (bicyclic) bond motifs is 1. The molecule has 7 heteroatoms. The number of furan rings is 1. The van der Waals surface area contributed by atoms with Crippen LogP contribution >= 0.6 is 0 Å². The number of rotatable bonds is 9. The van der Waals surface area contributed by atoms with E-state index in [-0.39, 0.29) is 11.9 Å². The third kappa shape index (κ3) is 4.05. The van der Waals surface area contributed by atoms with Gasteiger partial charge in [0.05, 0.1) is 38.3 Å². The standard InChI is InChI=1S/C27H27N3O4/c1-3-4-14-33-21-8-5-7-19(16-21)26-23-24(18-10-12-20(32-2)13-11-18)28-29-25(23)27(31)30(26)17-22-9-6-15-34-22/h5-13,15-16,26H,3-4,14,17H2,1-2H3,(H,28,29). The van der Waals surface area contributed by atoms with Crippen molar-refractivity contribution in [2.24, 2.45) is 0 Å². The molecule has 0 saturated heterocycles. The second-order valence-electron chi connectivity index (χ2n) is 8.28. The number of aromatic nitrogens is 2. The van der Waals surface area contributed by atoms with E-state index in [2.05, 4.69) is 17.1 Å². The maximum absolute atomic E-state index is 13.5. The number of benzene rings is 2. The van der Waals surface area contributed by atoms with Crippen molar-refractivity contribution in [1.82, 2.24) is 15.1 Å². The summed E-state index contributed by atoms with van der Waals surface area (Å²) >= 11 is 0. The largest absolute Gasteiger partial charge is 0.497 e. The minimum absolute atomic E-state index is 0.110. The van der Waals surface area contributed by atoms with Gasteiger partial charge >= 0.3 is 0 Å². The Balaban J connectivity index is 1.58. The maximum atomic E-state index is 13.5. The third-order valence-corrected chi connectivity index (χ3v) is 6.07. The van der Waals surface area contributed by atoms with Gasteiger partial charge in [-0.3, -0.25) is 9.89 Å². The van der Waals surface area contributed by atoms with Gasteiger partial charge in [0, 0.05) is 11.1 Å². The number of aromatic amines is 1. The number of unbranched alkanes of at least 4 members (excludes halogenated alkanes) is 1. The average Bonchev–Trinajstić information content (AvgIpc) is 3.59. The first-order chi connectivity index (χ1) is 16.7. The van der Waals surface area contributed by atoms with Crippen molar-refractivity contribution >= 4 is 5.91 Å². The van der Waals surface area contributed by atoms with E-state index in [9.17, 15) is 4.79 Å². The van der Waals surface area contributed by atoms with Crippen molar-refractivity contribution in [2.45, 2.75) is 32.4 Å². The first-order valence-corrected chi connectivity index (χ1v) is 11.5. The Morgan fingerprint density at radius 1 is 1.09 bits per heavy atom. The van der Waals surface area contributed by atoms with Gasteiger partial charge in [0.1, 0.15) is 23.0 Å². The minimum Gasteiger partial charge on any atom is -0.497 e. The Morgan fingerprint density at radius 3 is 2.68 bits per heavy atom. The molecule has 1 N–H and O–H groups in total. The second kappa shape index (κ2) is 9.47. The Morgan fingerprint density at radius 2 is 1.94 bits per heavy atom. The molecule has 4 aromatic rings. The molecule has 1 aliphatic heterocycles. The molecule has 7 nitrogen and oxygen atoms in total. The van der Waals surface area contributed by atoms with Crippen molar-refractivity contribution in [3.63, 3.8) is 0 Å². The zero-order chi connectivity index (χ0) is 23.5. The maximum Gasteiger partial charge on any atom is 0.273 e. The normalized spacial score (nSPS) is 14.9. The van der Waals surface area contributed by atoms with Gasteiger partial charge in [-0.2, -0.15) is 5.10 Å². The van der Waals surface area contributed by atoms with Crippen LogP contribution in [0.5, 0.6) is 11.5 Å². The molecule has 0 spiro atoms. The van der Waals surface area contributed by atoms with Crippen LogP contribution in [-0.2, 0) is 6.54 Å². The van der Waals surface area contributed by atoms with E-state index in [1.54, 1.807) is 13.4 Å². The van der Waals surface area contributed by atoms with Crippen LogP contribution in [0.2, 0.25) is 0 Å². The van der Waals surface area contributed by atoms with Crippen molar-refractivity contribution in [2.75, 3.05) is 13.7 Å². The van der Waals surface area contributed by atoms with Crippen LogP contribution in [0.15, 0.2) is 71.3 Å². The van der Waals surface area contributed by atoms with Gasteiger partial charge in [-0.15, -0.1) is 0 Å². The van der Waals surface area contributed by atoms with E-state index in [1.807, 2.05) is 65.6 Å². The number of amides is 1. The lowest BCUT2D eigenvalue weighted by Gasteiger charge is -2.26. The van der Waals surface area contributed by atoms with Gasteiger partial charge in [0.2, 0.25) is 0 Å². The van der Waals surface area contributed by atoms with E-state index in [0.717, 1.165) is 52.5 Å². The van der Waals surface area contributed by atoms with Crippen molar-refractivity contribution in [3.8, 4) is 22.8 Å². The number of hydrogen-bond acceptors (Lipinski definition) is 5. The number of hydrogen-bond donors (Lipinski definition) is 1. The summed E-state index contributed by atoms with van der Waals surface area (Å²) in [6, 6.07) is 19.0. The number of methoxy groups -OCH3 is 1. The highest BCUT2D eigenvalue weighted by Crippen LogP contribution is 2.44. The zero-order valence-electron chi connectivity index (χ0n) is 19.3. The SMILES string of the molecule is CCCCOc1cccc(C2c3c(-c4ccc(OC)cc4)n[nH]c3C(=O)N2Cc2ccco2)c1. The highest BCUT2D eigenvalue weighted by Gasteiger charge is 2.42. The monoisotopic (exact) mass is 457 g/mol. The van der Waals surface area contributed by atoms with Gasteiger partial charge in [-0.25, -0.2) is 0 Å². The molecule has 1 unspecified atom stereocenters. The first-order valence-electron chi connectivity index (χ1n) is 11.5. The molecular formula is C27H27N3O4. The lowest BCUT2D eigenvalue weighted by atomic mass is 9.96. The van der Waals surface area contributed by atoms with E-state index in [1.165, 1.54) is 0 Å². The fourth-order valence-corrected chi connectivity index (χ4v) is 4.35. The lowest BCUT2D eigenvalue weighted by molar-refractivity contribution is 0.0716. The highest BCUT2D eigenvalue weighted by molar-refractivity contribution is 6.00. The van der Waals surface area contributed by atoms with Crippen molar-refractivity contribution < 1.29 is 18.7 Å². The molecule has 174 valence electrons. The van der Waals surface area contributed by atoms with E-state index >= 15 is 0 Å². The molecule has 5 rings (SSSR count). The fraction of sp³-hybridized carbons (Fsp3) is 0.259. The number of ether oxygens (including phenoxy) is 2. The predicted octanol–water partition coefficient (Wildman–Crippen LogP) is 5.60. The number of nitrogens with zero attached hydrogens (tertiary/aromatic N) is 2. The molecule has 0 bridgehead atoms. The van der Waals surface area contributed by atoms with Crippen LogP contribution in [0.25, 0.3) is 11.3 Å². The van der Waals surface area contributed by atoms with Crippen molar-refractivity contribution in [1.29, 1.82) is 0 Å². The summed E-state index contributed by atoms with van der Waals surface area (Å²) < 4.78 is 16.8. The summed E-state index contributed by atoms with van der Waals surface area (Å²) in [4.78, 5) is 15.3. The molecule has 3 heterocycles. The fourth-order valence-electron chi connectivity index (χ4n) is 4.35. The number of carbonyl (C=O) groups excluding carboxylic acids is 1. The van der Waals surface area contributed by atoms with Crippen LogP contribution in [0.1, 0.15) is 53.2 Å². The molecule has 34 heavy (non-hydrogen) atoms. The number of H-pyrrole nitrogens is 1. The first kappa shape index (κ1) is 21.8. The Labute approximate surface area is 198 Å². The molecule has 0 radical (unpaired) electrons. The molecule has 1 atom stereocenters. The Kier molecular flexibility index (Phi) is 6.08. The van der Waals surface area contributed by atoms with E-state index < -0.39 is 0 Å². The molecular weight excluding hydrogens is 430 g/mol. The number of carbonyl (C=O) groups is 1. The van der Waals surface area contributed by atoms with Crippen LogP contribution in [0.3, 0.4) is 0 Å². The number of nitrogens with one attached hydrogen (secondary N) is 1. The molecule has 1 aliphatic rings. The molecule has 0 aliphatic carbocycles. The van der Waals surface area contributed by atoms with Crippen molar-refractivity contribution in [3.05, 3.63) is 89.5 Å². The lowest BCUT2D eigenvalue weighted by Crippen LogP contribution is -2.29. The summed E-state index contributed by atoms with van der Waals surface area (Å²) in [6.07, 6.45) is 3.68. The summed E-state index contributed by atoms with van der Waals surface area (Å²) in [5.41, 5.74) is 3.97. The topological polar surface area (TPSA) is 80.6 Å².